The van der Waals surface area contributed by atoms with E-state index < -0.39 is 18.0 Å². The normalized spacial score (nSPS) is 13.9. The Hall–Kier alpha value is -2.07. The Bertz CT molecular complexity index is 636. The molecule has 0 spiro atoms. The molecule has 2 atom stereocenters. The first-order valence-electron chi connectivity index (χ1n) is 7.06. The molecule has 2 rings (SSSR count). The third-order valence-corrected chi connectivity index (χ3v) is 3.74. The molecular weight excluding hydrogens is 268 g/mol. The summed E-state index contributed by atoms with van der Waals surface area (Å²) in [4.78, 5) is 11.4. The van der Waals surface area contributed by atoms with E-state index in [1.807, 2.05) is 37.3 Å². The van der Waals surface area contributed by atoms with E-state index in [0.29, 0.717) is 24.2 Å². The summed E-state index contributed by atoms with van der Waals surface area (Å²) in [5, 5.41) is 21.8. The molecule has 0 radical (unpaired) electrons. The van der Waals surface area contributed by atoms with Crippen LogP contribution in [-0.4, -0.2) is 23.3 Å². The molecule has 2 unspecified atom stereocenters. The van der Waals surface area contributed by atoms with Crippen molar-refractivity contribution in [1.82, 2.24) is 0 Å². The van der Waals surface area contributed by atoms with Gasteiger partial charge >= 0.3 is 5.97 Å². The molecule has 21 heavy (non-hydrogen) atoms. The van der Waals surface area contributed by atoms with Crippen LogP contribution in [0.15, 0.2) is 36.4 Å². The fourth-order valence-corrected chi connectivity index (χ4v) is 2.69. The summed E-state index contributed by atoms with van der Waals surface area (Å²) < 4.78 is 5.33. The summed E-state index contributed by atoms with van der Waals surface area (Å²) in [5.41, 5.74) is 0.552. The van der Waals surface area contributed by atoms with Crippen LogP contribution in [0.3, 0.4) is 0 Å². The van der Waals surface area contributed by atoms with Gasteiger partial charge in [-0.15, -0.1) is 0 Å². The average molecular weight is 288 g/mol. The maximum Gasteiger partial charge on any atom is 0.309 e. The fraction of sp³-hybridized carbons (Fsp3) is 0.353. The van der Waals surface area contributed by atoms with Gasteiger partial charge in [0.15, 0.2) is 0 Å². The van der Waals surface area contributed by atoms with Gasteiger partial charge < -0.3 is 14.9 Å². The van der Waals surface area contributed by atoms with Crippen LogP contribution in [0.2, 0.25) is 0 Å². The highest BCUT2D eigenvalue weighted by Crippen LogP contribution is 2.37. The number of fused-ring (bicyclic) bond motifs is 1. The molecule has 4 nitrogen and oxygen atoms in total. The third kappa shape index (κ3) is 3.00. The summed E-state index contributed by atoms with van der Waals surface area (Å²) in [6.45, 7) is 1.91. The lowest BCUT2D eigenvalue weighted by Crippen LogP contribution is -2.22. The molecule has 0 aromatic heterocycles. The second-order valence-electron chi connectivity index (χ2n) is 5.08. The molecule has 0 bridgehead atoms. The Morgan fingerprint density at radius 1 is 1.24 bits per heavy atom. The van der Waals surface area contributed by atoms with Crippen molar-refractivity contribution >= 4 is 16.7 Å². The van der Waals surface area contributed by atoms with Crippen LogP contribution in [0, 0.1) is 5.92 Å². The number of methoxy groups -OCH3 is 1. The fourth-order valence-electron chi connectivity index (χ4n) is 2.69. The topological polar surface area (TPSA) is 66.8 Å². The monoisotopic (exact) mass is 288 g/mol. The van der Waals surface area contributed by atoms with Crippen LogP contribution >= 0.6 is 0 Å². The highest BCUT2D eigenvalue weighted by molar-refractivity contribution is 5.88. The van der Waals surface area contributed by atoms with Gasteiger partial charge in [-0.3, -0.25) is 4.79 Å². The van der Waals surface area contributed by atoms with Crippen molar-refractivity contribution in [2.75, 3.05) is 7.11 Å². The van der Waals surface area contributed by atoms with Gasteiger partial charge in [0.2, 0.25) is 0 Å². The molecule has 2 aromatic rings. The molecule has 0 aliphatic carbocycles. The zero-order chi connectivity index (χ0) is 15.4. The number of hydrogen-bond donors (Lipinski definition) is 2. The lowest BCUT2D eigenvalue weighted by molar-refractivity contribution is -0.146. The maximum absolute atomic E-state index is 11.4. The quantitative estimate of drug-likeness (QED) is 0.855. The number of aliphatic hydroxyl groups is 1. The van der Waals surface area contributed by atoms with E-state index in [1.165, 1.54) is 7.11 Å². The number of carboxylic acids is 1. The van der Waals surface area contributed by atoms with Crippen molar-refractivity contribution in [3.8, 4) is 5.75 Å². The lowest BCUT2D eigenvalue weighted by Gasteiger charge is -2.22. The maximum atomic E-state index is 11.4. The molecule has 0 aliphatic rings. The van der Waals surface area contributed by atoms with Gasteiger partial charge in [-0.2, -0.15) is 0 Å². The van der Waals surface area contributed by atoms with E-state index in [0.717, 1.165) is 10.8 Å². The van der Waals surface area contributed by atoms with Gasteiger partial charge in [0, 0.05) is 5.56 Å². The van der Waals surface area contributed by atoms with Crippen LogP contribution < -0.4 is 4.74 Å². The molecule has 112 valence electrons. The Kier molecular flexibility index (Phi) is 4.81. The molecule has 0 fully saturated rings. The lowest BCUT2D eigenvalue weighted by atomic mass is 9.88. The Morgan fingerprint density at radius 2 is 1.95 bits per heavy atom. The second-order valence-corrected chi connectivity index (χ2v) is 5.08. The number of aliphatic carboxylic acids is 1. The first kappa shape index (κ1) is 15.3. The second kappa shape index (κ2) is 6.59. The third-order valence-electron chi connectivity index (χ3n) is 3.74. The van der Waals surface area contributed by atoms with Gasteiger partial charge in [-0.05, 0) is 23.3 Å². The zero-order valence-corrected chi connectivity index (χ0v) is 12.2. The number of rotatable bonds is 6. The Balaban J connectivity index is 2.59. The number of hydrogen-bond acceptors (Lipinski definition) is 3. The highest BCUT2D eigenvalue weighted by Gasteiger charge is 2.30. The predicted octanol–water partition coefficient (Wildman–Crippen LogP) is 3.38. The van der Waals surface area contributed by atoms with Crippen LogP contribution in [0.25, 0.3) is 10.8 Å². The molecule has 2 N–H and O–H groups in total. The van der Waals surface area contributed by atoms with Crippen LogP contribution in [0.1, 0.15) is 31.4 Å². The van der Waals surface area contributed by atoms with Crippen LogP contribution in [0.4, 0.5) is 0 Å². The van der Waals surface area contributed by atoms with Gasteiger partial charge in [0.1, 0.15) is 5.75 Å². The zero-order valence-electron chi connectivity index (χ0n) is 12.2. The van der Waals surface area contributed by atoms with Gasteiger partial charge in [0.25, 0.3) is 0 Å². The van der Waals surface area contributed by atoms with Gasteiger partial charge in [-0.1, -0.05) is 43.7 Å². The van der Waals surface area contributed by atoms with Crippen LogP contribution in [0.5, 0.6) is 5.75 Å². The number of benzene rings is 2. The van der Waals surface area contributed by atoms with Gasteiger partial charge in [-0.25, -0.2) is 0 Å². The van der Waals surface area contributed by atoms with E-state index in [2.05, 4.69) is 0 Å². The Morgan fingerprint density at radius 3 is 2.57 bits per heavy atom. The predicted molar refractivity (Wildman–Crippen MR) is 81.5 cm³/mol. The van der Waals surface area contributed by atoms with E-state index in [-0.39, 0.29) is 0 Å². The first-order chi connectivity index (χ1) is 10.1. The van der Waals surface area contributed by atoms with Crippen molar-refractivity contribution in [3.63, 3.8) is 0 Å². The van der Waals surface area contributed by atoms with E-state index in [9.17, 15) is 15.0 Å². The first-order valence-corrected chi connectivity index (χ1v) is 7.06. The average Bonchev–Trinajstić information content (AvgIpc) is 2.50. The number of carbonyl (C=O) groups is 1. The molecule has 2 aromatic carbocycles. The molecule has 0 heterocycles. The summed E-state index contributed by atoms with van der Waals surface area (Å²) >= 11 is 0. The van der Waals surface area contributed by atoms with Crippen molar-refractivity contribution < 1.29 is 19.7 Å². The van der Waals surface area contributed by atoms with E-state index in [4.69, 9.17) is 4.74 Å². The van der Waals surface area contributed by atoms with E-state index >= 15 is 0 Å². The largest absolute Gasteiger partial charge is 0.496 e. The van der Waals surface area contributed by atoms with Crippen molar-refractivity contribution in [2.24, 2.45) is 5.92 Å². The number of aliphatic hydroxyl groups excluding tert-OH is 1. The smallest absolute Gasteiger partial charge is 0.309 e. The van der Waals surface area contributed by atoms with Gasteiger partial charge in [0.05, 0.1) is 19.1 Å². The molecule has 0 saturated carbocycles. The minimum absolute atomic E-state index is 0.420. The summed E-state index contributed by atoms with van der Waals surface area (Å²) in [7, 11) is 1.52. The minimum Gasteiger partial charge on any atom is -0.496 e. The number of carboxylic acid groups (broad SMARTS) is 1. The van der Waals surface area contributed by atoms with Crippen molar-refractivity contribution in [1.29, 1.82) is 0 Å². The summed E-state index contributed by atoms with van der Waals surface area (Å²) in [6.07, 6.45) is 0.0211. The highest BCUT2D eigenvalue weighted by atomic mass is 16.5. The standard InChI is InChI=1S/C17H20O4/c1-3-6-13(17(19)20)16(18)15-12-8-5-4-7-11(12)9-10-14(15)21-2/h4-5,7-10,13,16,18H,3,6H2,1-2H3,(H,19,20). The molecule has 0 saturated heterocycles. The van der Waals surface area contributed by atoms with Crippen LogP contribution in [-0.2, 0) is 4.79 Å². The summed E-state index contributed by atoms with van der Waals surface area (Å²) in [5.74, 6) is -1.31. The SMILES string of the molecule is CCCC(C(=O)O)C(O)c1c(OC)ccc2ccccc12. The number of ether oxygens (including phenoxy) is 1. The van der Waals surface area contributed by atoms with Crippen molar-refractivity contribution in [3.05, 3.63) is 42.0 Å². The Labute approximate surface area is 124 Å². The molecule has 0 amide bonds. The minimum atomic E-state index is -1.09. The van der Waals surface area contributed by atoms with E-state index in [1.54, 1.807) is 6.07 Å². The molecule has 4 heteroatoms. The molecule has 0 aliphatic heterocycles. The molecular formula is C17H20O4. The van der Waals surface area contributed by atoms with Crippen molar-refractivity contribution in [2.45, 2.75) is 25.9 Å². The summed E-state index contributed by atoms with van der Waals surface area (Å²) in [6, 6.07) is 11.3.